The smallest absolute Gasteiger partial charge is 0.138 e. The van der Waals surface area contributed by atoms with Gasteiger partial charge in [0.1, 0.15) is 23.2 Å². The van der Waals surface area contributed by atoms with Gasteiger partial charge in [0, 0.05) is 17.0 Å². The van der Waals surface area contributed by atoms with Crippen LogP contribution in [-0.2, 0) is 6.42 Å². The first-order valence-electron chi connectivity index (χ1n) is 7.16. The Labute approximate surface area is 131 Å². The largest absolute Gasteiger partial charge is 0.495 e. The van der Waals surface area contributed by atoms with Gasteiger partial charge in [-0.3, -0.25) is 4.98 Å². The van der Waals surface area contributed by atoms with E-state index in [4.69, 9.17) is 4.74 Å². The molecule has 0 aliphatic heterocycles. The second kappa shape index (κ2) is 5.91. The molecular weight excluding hydrogens is 303 g/mol. The maximum Gasteiger partial charge on any atom is 0.138 e. The molecule has 0 atom stereocenters. The summed E-state index contributed by atoms with van der Waals surface area (Å²) < 4.78 is 46.2. The summed E-state index contributed by atoms with van der Waals surface area (Å²) in [5, 5.41) is 0.462. The minimum absolute atomic E-state index is 0.315. The van der Waals surface area contributed by atoms with E-state index in [9.17, 15) is 13.2 Å². The van der Waals surface area contributed by atoms with Crippen molar-refractivity contribution in [2.24, 2.45) is 0 Å². The van der Waals surface area contributed by atoms with Gasteiger partial charge >= 0.3 is 0 Å². The van der Waals surface area contributed by atoms with Crippen LogP contribution in [0.25, 0.3) is 22.0 Å². The number of aromatic nitrogens is 1. The van der Waals surface area contributed by atoms with Crippen LogP contribution in [0.5, 0.6) is 5.75 Å². The Hall–Kier alpha value is -2.56. The third-order valence-corrected chi connectivity index (χ3v) is 3.66. The molecule has 0 spiro atoms. The van der Waals surface area contributed by atoms with E-state index in [1.54, 1.807) is 6.07 Å². The number of methoxy groups -OCH3 is 1. The van der Waals surface area contributed by atoms with Crippen molar-refractivity contribution in [2.45, 2.75) is 13.3 Å². The molecule has 118 valence electrons. The normalized spacial score (nSPS) is 11.0. The van der Waals surface area contributed by atoms with Crippen LogP contribution in [0.2, 0.25) is 0 Å². The van der Waals surface area contributed by atoms with E-state index in [-0.39, 0.29) is 0 Å². The van der Waals surface area contributed by atoms with Gasteiger partial charge in [0.05, 0.1) is 18.3 Å². The summed E-state index contributed by atoms with van der Waals surface area (Å²) >= 11 is 0. The van der Waals surface area contributed by atoms with E-state index in [1.807, 2.05) is 6.92 Å². The molecule has 0 bridgehead atoms. The second-order valence-electron chi connectivity index (χ2n) is 5.14. The van der Waals surface area contributed by atoms with E-state index in [0.717, 1.165) is 6.07 Å². The van der Waals surface area contributed by atoms with Crippen molar-refractivity contribution < 1.29 is 17.9 Å². The van der Waals surface area contributed by atoms with Gasteiger partial charge in [0.15, 0.2) is 0 Å². The lowest BCUT2D eigenvalue weighted by molar-refractivity contribution is 0.420. The molecule has 1 aromatic heterocycles. The minimum atomic E-state index is -0.691. The van der Waals surface area contributed by atoms with E-state index in [0.29, 0.717) is 39.9 Å². The third-order valence-electron chi connectivity index (χ3n) is 3.66. The zero-order chi connectivity index (χ0) is 16.6. The number of halogens is 3. The van der Waals surface area contributed by atoms with Crippen LogP contribution in [0.15, 0.2) is 36.4 Å². The van der Waals surface area contributed by atoms with Crippen LogP contribution in [0.1, 0.15) is 12.6 Å². The summed E-state index contributed by atoms with van der Waals surface area (Å²) in [7, 11) is 1.44. The van der Waals surface area contributed by atoms with Gasteiger partial charge in [0.25, 0.3) is 0 Å². The first kappa shape index (κ1) is 15.3. The van der Waals surface area contributed by atoms with Crippen molar-refractivity contribution in [3.63, 3.8) is 0 Å². The summed E-state index contributed by atoms with van der Waals surface area (Å²) in [6.07, 6.45) is 0.539. The monoisotopic (exact) mass is 317 g/mol. The quantitative estimate of drug-likeness (QED) is 0.686. The van der Waals surface area contributed by atoms with Gasteiger partial charge in [-0.15, -0.1) is 0 Å². The van der Waals surface area contributed by atoms with Crippen molar-refractivity contribution in [1.82, 2.24) is 4.98 Å². The number of hydrogen-bond donors (Lipinski definition) is 0. The molecule has 2 aromatic carbocycles. The van der Waals surface area contributed by atoms with Gasteiger partial charge in [0.2, 0.25) is 0 Å². The number of hydrogen-bond acceptors (Lipinski definition) is 2. The van der Waals surface area contributed by atoms with Gasteiger partial charge in [-0.25, -0.2) is 13.2 Å². The van der Waals surface area contributed by atoms with E-state index in [1.165, 1.54) is 31.4 Å². The molecule has 0 aliphatic carbocycles. The zero-order valence-corrected chi connectivity index (χ0v) is 12.7. The summed E-state index contributed by atoms with van der Waals surface area (Å²) in [6, 6.07) is 7.41. The summed E-state index contributed by atoms with van der Waals surface area (Å²) in [6.45, 7) is 1.89. The van der Waals surface area contributed by atoms with Crippen molar-refractivity contribution in [2.75, 3.05) is 7.11 Å². The van der Waals surface area contributed by atoms with Crippen LogP contribution < -0.4 is 4.74 Å². The SMILES string of the molecule is CCc1nc2ccc(F)cc2c(OC)c1-c1cc(F)cc(F)c1. The summed E-state index contributed by atoms with van der Waals surface area (Å²) in [4.78, 5) is 4.49. The first-order valence-corrected chi connectivity index (χ1v) is 7.16. The van der Waals surface area contributed by atoms with Gasteiger partial charge in [-0.1, -0.05) is 6.92 Å². The maximum absolute atomic E-state index is 13.6. The lowest BCUT2D eigenvalue weighted by Gasteiger charge is -2.16. The molecule has 0 amide bonds. The highest BCUT2D eigenvalue weighted by atomic mass is 19.1. The Morgan fingerprint density at radius 2 is 1.65 bits per heavy atom. The number of aryl methyl sites for hydroxylation is 1. The first-order chi connectivity index (χ1) is 11.0. The third kappa shape index (κ3) is 2.74. The molecule has 23 heavy (non-hydrogen) atoms. The molecule has 2 nitrogen and oxygen atoms in total. The molecule has 1 heterocycles. The topological polar surface area (TPSA) is 22.1 Å². The summed E-state index contributed by atoms with van der Waals surface area (Å²) in [5.41, 5.74) is 1.99. The molecule has 0 N–H and O–H groups in total. The average Bonchev–Trinajstić information content (AvgIpc) is 2.52. The van der Waals surface area contributed by atoms with E-state index < -0.39 is 17.5 Å². The highest BCUT2D eigenvalue weighted by Crippen LogP contribution is 2.39. The van der Waals surface area contributed by atoms with Gasteiger partial charge < -0.3 is 4.74 Å². The number of rotatable bonds is 3. The van der Waals surface area contributed by atoms with Crippen molar-refractivity contribution in [3.05, 3.63) is 59.5 Å². The zero-order valence-electron chi connectivity index (χ0n) is 12.7. The summed E-state index contributed by atoms with van der Waals surface area (Å²) in [5.74, 6) is -1.46. The highest BCUT2D eigenvalue weighted by molar-refractivity contribution is 5.93. The van der Waals surface area contributed by atoms with Crippen LogP contribution in [0.3, 0.4) is 0 Å². The predicted octanol–water partition coefficient (Wildman–Crippen LogP) is 4.89. The number of fused-ring (bicyclic) bond motifs is 1. The Morgan fingerprint density at radius 1 is 0.957 bits per heavy atom. The number of pyridine rings is 1. The van der Waals surface area contributed by atoms with Crippen LogP contribution in [0.4, 0.5) is 13.2 Å². The average molecular weight is 317 g/mol. The van der Waals surface area contributed by atoms with Gasteiger partial charge in [-0.05, 0) is 42.3 Å². The molecule has 5 heteroatoms. The fraction of sp³-hybridized carbons (Fsp3) is 0.167. The minimum Gasteiger partial charge on any atom is -0.495 e. The molecule has 0 aliphatic rings. The second-order valence-corrected chi connectivity index (χ2v) is 5.14. The molecular formula is C18H14F3NO. The lowest BCUT2D eigenvalue weighted by Crippen LogP contribution is -2.00. The lowest BCUT2D eigenvalue weighted by atomic mass is 9.98. The Morgan fingerprint density at radius 3 is 2.26 bits per heavy atom. The van der Waals surface area contributed by atoms with Crippen LogP contribution in [0, 0.1) is 17.5 Å². The van der Waals surface area contributed by atoms with Crippen molar-refractivity contribution in [3.8, 4) is 16.9 Å². The molecule has 0 saturated carbocycles. The fourth-order valence-corrected chi connectivity index (χ4v) is 2.72. The predicted molar refractivity (Wildman–Crippen MR) is 83.0 cm³/mol. The van der Waals surface area contributed by atoms with E-state index in [2.05, 4.69) is 4.98 Å². The Kier molecular flexibility index (Phi) is 3.94. The highest BCUT2D eigenvalue weighted by Gasteiger charge is 2.18. The van der Waals surface area contributed by atoms with Crippen molar-refractivity contribution in [1.29, 1.82) is 0 Å². The van der Waals surface area contributed by atoms with E-state index >= 15 is 0 Å². The fourth-order valence-electron chi connectivity index (χ4n) is 2.72. The number of ether oxygens (including phenoxy) is 1. The molecule has 3 rings (SSSR count). The molecule has 3 aromatic rings. The molecule has 0 saturated heterocycles. The number of benzene rings is 2. The number of nitrogens with zero attached hydrogens (tertiary/aromatic N) is 1. The molecule has 0 fully saturated rings. The van der Waals surface area contributed by atoms with Crippen LogP contribution >= 0.6 is 0 Å². The standard InChI is InChI=1S/C18H14F3NO/c1-3-15-17(10-6-12(20)8-13(21)7-10)18(23-2)14-9-11(19)4-5-16(14)22-15/h4-9H,3H2,1-2H3. The van der Waals surface area contributed by atoms with Gasteiger partial charge in [-0.2, -0.15) is 0 Å². The van der Waals surface area contributed by atoms with Crippen molar-refractivity contribution >= 4 is 10.9 Å². The maximum atomic E-state index is 13.6. The molecule has 0 unspecified atom stereocenters. The Balaban J connectivity index is 2.42. The molecule has 0 radical (unpaired) electrons. The Bertz CT molecular complexity index is 873. The van der Waals surface area contributed by atoms with Crippen LogP contribution in [-0.4, -0.2) is 12.1 Å².